The second-order valence-corrected chi connectivity index (χ2v) is 4.22. The third-order valence-electron chi connectivity index (χ3n) is 3.01. The van der Waals surface area contributed by atoms with Gasteiger partial charge in [-0.05, 0) is 31.0 Å². The summed E-state index contributed by atoms with van der Waals surface area (Å²) in [6, 6.07) is 10.6. The van der Waals surface area contributed by atoms with E-state index >= 15 is 0 Å². The topological polar surface area (TPSA) is 12.9 Å². The second kappa shape index (κ2) is 3.20. The maximum Gasteiger partial charge on any atom is 0.0705 e. The molecule has 1 aliphatic rings. The van der Waals surface area contributed by atoms with Gasteiger partial charge in [0.2, 0.25) is 0 Å². The lowest BCUT2D eigenvalue weighted by molar-refractivity contribution is 0.966. The molecule has 0 N–H and O–H groups in total. The SMILES string of the molecule is CC1=CCc2cc3ccccc3nc2C1. The van der Waals surface area contributed by atoms with Crippen LogP contribution in [-0.2, 0) is 12.8 Å². The number of para-hydroxylation sites is 1. The van der Waals surface area contributed by atoms with Gasteiger partial charge >= 0.3 is 0 Å². The van der Waals surface area contributed by atoms with Gasteiger partial charge in [-0.15, -0.1) is 0 Å². The summed E-state index contributed by atoms with van der Waals surface area (Å²) in [4.78, 5) is 4.73. The first-order chi connectivity index (χ1) is 7.33. The molecule has 74 valence electrons. The van der Waals surface area contributed by atoms with Gasteiger partial charge in [0, 0.05) is 17.5 Å². The smallest absolute Gasteiger partial charge is 0.0705 e. The van der Waals surface area contributed by atoms with Crippen LogP contribution in [0.25, 0.3) is 10.9 Å². The number of pyridine rings is 1. The van der Waals surface area contributed by atoms with Gasteiger partial charge < -0.3 is 0 Å². The lowest BCUT2D eigenvalue weighted by atomic mass is 9.95. The van der Waals surface area contributed by atoms with E-state index in [1.165, 1.54) is 22.2 Å². The van der Waals surface area contributed by atoms with E-state index in [2.05, 4.69) is 37.3 Å². The molecule has 1 heterocycles. The molecule has 1 nitrogen and oxygen atoms in total. The lowest BCUT2D eigenvalue weighted by Crippen LogP contribution is -2.04. The van der Waals surface area contributed by atoms with Crippen LogP contribution in [-0.4, -0.2) is 4.98 Å². The van der Waals surface area contributed by atoms with Crippen molar-refractivity contribution in [1.29, 1.82) is 0 Å². The molecule has 1 aromatic carbocycles. The molecule has 1 aromatic heterocycles. The Labute approximate surface area is 89.5 Å². The Kier molecular flexibility index (Phi) is 1.84. The number of fused-ring (bicyclic) bond motifs is 2. The monoisotopic (exact) mass is 195 g/mol. The predicted molar refractivity (Wildman–Crippen MR) is 62.9 cm³/mol. The molecule has 0 saturated carbocycles. The average molecular weight is 195 g/mol. The number of nitrogens with zero attached hydrogens (tertiary/aromatic N) is 1. The van der Waals surface area contributed by atoms with Gasteiger partial charge in [-0.3, -0.25) is 4.98 Å². The first-order valence-electron chi connectivity index (χ1n) is 5.36. The van der Waals surface area contributed by atoms with E-state index in [0.29, 0.717) is 0 Å². The molecule has 2 aromatic rings. The quantitative estimate of drug-likeness (QED) is 0.588. The Bertz CT molecular complexity index is 552. The van der Waals surface area contributed by atoms with Crippen LogP contribution in [0.1, 0.15) is 18.2 Å². The van der Waals surface area contributed by atoms with Gasteiger partial charge in [0.05, 0.1) is 5.52 Å². The minimum absolute atomic E-state index is 1.01. The lowest BCUT2D eigenvalue weighted by Gasteiger charge is -2.14. The molecule has 0 saturated heterocycles. The van der Waals surface area contributed by atoms with E-state index in [1.807, 2.05) is 6.07 Å². The van der Waals surface area contributed by atoms with Crippen molar-refractivity contribution in [2.45, 2.75) is 19.8 Å². The molecule has 0 bridgehead atoms. The van der Waals surface area contributed by atoms with Gasteiger partial charge in [-0.2, -0.15) is 0 Å². The summed E-state index contributed by atoms with van der Waals surface area (Å²) in [7, 11) is 0. The Morgan fingerprint density at radius 1 is 1.20 bits per heavy atom. The first kappa shape index (κ1) is 8.66. The fraction of sp³-hybridized carbons (Fsp3) is 0.214. The van der Waals surface area contributed by atoms with Crippen molar-refractivity contribution in [3.63, 3.8) is 0 Å². The molecule has 0 radical (unpaired) electrons. The van der Waals surface area contributed by atoms with Crippen LogP contribution in [0.15, 0.2) is 42.0 Å². The zero-order valence-electron chi connectivity index (χ0n) is 8.83. The van der Waals surface area contributed by atoms with Crippen LogP contribution < -0.4 is 0 Å². The maximum atomic E-state index is 4.73. The Morgan fingerprint density at radius 3 is 3.00 bits per heavy atom. The van der Waals surface area contributed by atoms with Gasteiger partial charge in [0.1, 0.15) is 0 Å². The highest BCUT2D eigenvalue weighted by atomic mass is 14.7. The molecule has 0 atom stereocenters. The summed E-state index contributed by atoms with van der Waals surface area (Å²) in [5.74, 6) is 0. The third-order valence-corrected chi connectivity index (χ3v) is 3.01. The number of rotatable bonds is 0. The zero-order chi connectivity index (χ0) is 10.3. The first-order valence-corrected chi connectivity index (χ1v) is 5.36. The minimum atomic E-state index is 1.01. The zero-order valence-corrected chi connectivity index (χ0v) is 8.83. The van der Waals surface area contributed by atoms with Crippen LogP contribution in [0.5, 0.6) is 0 Å². The van der Waals surface area contributed by atoms with Crippen LogP contribution in [0, 0.1) is 0 Å². The fourth-order valence-corrected chi connectivity index (χ4v) is 2.15. The Balaban J connectivity index is 2.23. The molecule has 3 rings (SSSR count). The second-order valence-electron chi connectivity index (χ2n) is 4.22. The van der Waals surface area contributed by atoms with Crippen molar-refractivity contribution >= 4 is 10.9 Å². The van der Waals surface area contributed by atoms with Gasteiger partial charge in [0.25, 0.3) is 0 Å². The number of allylic oxidation sites excluding steroid dienone is 2. The van der Waals surface area contributed by atoms with Crippen LogP contribution in [0.2, 0.25) is 0 Å². The molecule has 0 aliphatic heterocycles. The van der Waals surface area contributed by atoms with Gasteiger partial charge in [-0.1, -0.05) is 29.8 Å². The van der Waals surface area contributed by atoms with Crippen LogP contribution in [0.3, 0.4) is 0 Å². The maximum absolute atomic E-state index is 4.73. The molecule has 1 heteroatoms. The summed E-state index contributed by atoms with van der Waals surface area (Å²) in [6.45, 7) is 2.18. The minimum Gasteiger partial charge on any atom is -0.252 e. The van der Waals surface area contributed by atoms with E-state index in [1.54, 1.807) is 0 Å². The highest BCUT2D eigenvalue weighted by molar-refractivity contribution is 5.79. The van der Waals surface area contributed by atoms with E-state index in [0.717, 1.165) is 18.4 Å². The number of benzene rings is 1. The average Bonchev–Trinajstić information content (AvgIpc) is 2.26. The standard InChI is InChI=1S/C14H13N/c1-10-6-7-12-9-11-4-2-3-5-13(11)15-14(12)8-10/h2-6,9H,7-8H2,1H3. The Hall–Kier alpha value is -1.63. The van der Waals surface area contributed by atoms with Crippen molar-refractivity contribution in [2.75, 3.05) is 0 Å². The summed E-state index contributed by atoms with van der Waals surface area (Å²) in [6.07, 6.45) is 4.36. The highest BCUT2D eigenvalue weighted by Gasteiger charge is 2.10. The van der Waals surface area contributed by atoms with Gasteiger partial charge in [-0.25, -0.2) is 0 Å². The molecule has 15 heavy (non-hydrogen) atoms. The third kappa shape index (κ3) is 1.44. The van der Waals surface area contributed by atoms with Gasteiger partial charge in [0.15, 0.2) is 0 Å². The number of hydrogen-bond donors (Lipinski definition) is 0. The summed E-state index contributed by atoms with van der Waals surface area (Å²) >= 11 is 0. The van der Waals surface area contributed by atoms with Crippen molar-refractivity contribution in [1.82, 2.24) is 4.98 Å². The number of aromatic nitrogens is 1. The van der Waals surface area contributed by atoms with Crippen molar-refractivity contribution in [3.8, 4) is 0 Å². The molecular weight excluding hydrogens is 182 g/mol. The molecule has 0 unspecified atom stereocenters. The molecule has 0 amide bonds. The summed E-state index contributed by atoms with van der Waals surface area (Å²) < 4.78 is 0. The van der Waals surface area contributed by atoms with Crippen molar-refractivity contribution in [3.05, 3.63) is 53.2 Å². The molecule has 0 spiro atoms. The van der Waals surface area contributed by atoms with E-state index in [4.69, 9.17) is 4.98 Å². The number of hydrogen-bond acceptors (Lipinski definition) is 1. The van der Waals surface area contributed by atoms with Crippen molar-refractivity contribution < 1.29 is 0 Å². The summed E-state index contributed by atoms with van der Waals surface area (Å²) in [5, 5.41) is 1.25. The van der Waals surface area contributed by atoms with Crippen LogP contribution >= 0.6 is 0 Å². The van der Waals surface area contributed by atoms with E-state index in [-0.39, 0.29) is 0 Å². The fourth-order valence-electron chi connectivity index (χ4n) is 2.15. The summed E-state index contributed by atoms with van der Waals surface area (Å²) in [5.41, 5.74) is 5.20. The molecule has 0 fully saturated rings. The normalized spacial score (nSPS) is 14.9. The molecular formula is C14H13N. The molecule has 1 aliphatic carbocycles. The predicted octanol–water partition coefficient (Wildman–Crippen LogP) is 3.28. The van der Waals surface area contributed by atoms with Crippen molar-refractivity contribution in [2.24, 2.45) is 0 Å². The van der Waals surface area contributed by atoms with E-state index < -0.39 is 0 Å². The highest BCUT2D eigenvalue weighted by Crippen LogP contribution is 2.23. The largest absolute Gasteiger partial charge is 0.252 e. The van der Waals surface area contributed by atoms with Crippen LogP contribution in [0.4, 0.5) is 0 Å². The van der Waals surface area contributed by atoms with E-state index in [9.17, 15) is 0 Å². The Morgan fingerprint density at radius 2 is 2.07 bits per heavy atom.